The van der Waals surface area contributed by atoms with Crippen LogP contribution in [0.4, 0.5) is 0 Å². The van der Waals surface area contributed by atoms with Gasteiger partial charge in [0, 0.05) is 0 Å². The summed E-state index contributed by atoms with van der Waals surface area (Å²) in [5.41, 5.74) is 2.24. The zero-order chi connectivity index (χ0) is 8.55. The average Bonchev–Trinajstić information content (AvgIpc) is 2.18. The van der Waals surface area contributed by atoms with Crippen LogP contribution >= 0.6 is 0 Å². The van der Waals surface area contributed by atoms with Gasteiger partial charge in [-0.25, -0.2) is 5.84 Å². The molecule has 3 aliphatic rings. The summed E-state index contributed by atoms with van der Waals surface area (Å²) in [7, 11) is 0. The molecule has 2 bridgehead atoms. The van der Waals surface area contributed by atoms with Gasteiger partial charge in [-0.1, -0.05) is 0 Å². The first-order valence-electron chi connectivity index (χ1n) is 4.56. The second kappa shape index (κ2) is 3.03. The van der Waals surface area contributed by atoms with E-state index in [4.69, 9.17) is 5.84 Å². The summed E-state index contributed by atoms with van der Waals surface area (Å²) in [6, 6.07) is 0.0579. The van der Waals surface area contributed by atoms with Gasteiger partial charge in [-0.15, -0.1) is 0 Å². The second-order valence-corrected chi connectivity index (χ2v) is 3.74. The number of piperidine rings is 3. The Hall–Kier alpha value is -0.610. The fourth-order valence-corrected chi connectivity index (χ4v) is 2.33. The van der Waals surface area contributed by atoms with Crippen molar-refractivity contribution in [2.75, 3.05) is 13.1 Å². The highest BCUT2D eigenvalue weighted by Crippen LogP contribution is 2.31. The minimum Gasteiger partial charge on any atom is -0.293 e. The van der Waals surface area contributed by atoms with E-state index in [2.05, 4.69) is 10.3 Å². The van der Waals surface area contributed by atoms with Crippen molar-refractivity contribution >= 4 is 5.91 Å². The van der Waals surface area contributed by atoms with Crippen molar-refractivity contribution in [2.24, 2.45) is 11.8 Å². The third-order valence-electron chi connectivity index (χ3n) is 3.09. The molecule has 0 aliphatic carbocycles. The molecule has 12 heavy (non-hydrogen) atoms. The van der Waals surface area contributed by atoms with E-state index in [-0.39, 0.29) is 11.9 Å². The smallest absolute Gasteiger partial charge is 0.251 e. The van der Waals surface area contributed by atoms with Gasteiger partial charge in [0.1, 0.15) is 0 Å². The molecule has 3 saturated heterocycles. The molecule has 1 unspecified atom stereocenters. The molecule has 0 saturated carbocycles. The maximum atomic E-state index is 11.3. The lowest BCUT2D eigenvalue weighted by atomic mass is 9.83. The third kappa shape index (κ3) is 1.21. The Morgan fingerprint density at radius 2 is 2.08 bits per heavy atom. The van der Waals surface area contributed by atoms with Gasteiger partial charge in [-0.05, 0) is 38.3 Å². The molecule has 0 aromatic rings. The normalized spacial score (nSPS) is 39.6. The molecule has 1 atom stereocenters. The molecule has 0 spiro atoms. The standard InChI is InChI=1S/C8H15N3O/c9-10-8(12)7-5-6-1-3-11(7)4-2-6/h6-7H,1-5,9H2,(H,10,12). The van der Waals surface area contributed by atoms with Crippen LogP contribution < -0.4 is 11.3 Å². The number of hydrogen-bond donors (Lipinski definition) is 2. The van der Waals surface area contributed by atoms with Gasteiger partial charge in [0.2, 0.25) is 0 Å². The molecule has 3 N–H and O–H groups in total. The molecule has 3 fully saturated rings. The van der Waals surface area contributed by atoms with Gasteiger partial charge < -0.3 is 0 Å². The maximum Gasteiger partial charge on any atom is 0.251 e. The predicted octanol–water partition coefficient (Wildman–Crippen LogP) is -0.539. The minimum atomic E-state index is -0.0144. The zero-order valence-electron chi connectivity index (χ0n) is 7.12. The van der Waals surface area contributed by atoms with E-state index < -0.39 is 0 Å². The van der Waals surface area contributed by atoms with Crippen LogP contribution in [0.2, 0.25) is 0 Å². The number of rotatable bonds is 1. The molecule has 1 amide bonds. The van der Waals surface area contributed by atoms with E-state index >= 15 is 0 Å². The highest BCUT2D eigenvalue weighted by Gasteiger charge is 2.36. The number of amides is 1. The van der Waals surface area contributed by atoms with E-state index in [1.54, 1.807) is 0 Å². The summed E-state index contributed by atoms with van der Waals surface area (Å²) < 4.78 is 0. The maximum absolute atomic E-state index is 11.3. The molecule has 4 heteroatoms. The molecule has 3 heterocycles. The summed E-state index contributed by atoms with van der Waals surface area (Å²) in [4.78, 5) is 13.5. The summed E-state index contributed by atoms with van der Waals surface area (Å²) in [5, 5.41) is 0. The van der Waals surface area contributed by atoms with Gasteiger partial charge >= 0.3 is 0 Å². The highest BCUT2D eigenvalue weighted by atomic mass is 16.2. The molecule has 4 nitrogen and oxygen atoms in total. The first-order chi connectivity index (χ1) is 5.81. The van der Waals surface area contributed by atoms with E-state index in [9.17, 15) is 4.79 Å². The van der Waals surface area contributed by atoms with Crippen molar-refractivity contribution in [2.45, 2.75) is 25.3 Å². The van der Waals surface area contributed by atoms with Crippen LogP contribution in [-0.4, -0.2) is 29.9 Å². The van der Waals surface area contributed by atoms with E-state index in [0.717, 1.165) is 25.4 Å². The Labute approximate surface area is 72.1 Å². The van der Waals surface area contributed by atoms with Gasteiger partial charge in [0.05, 0.1) is 6.04 Å². The summed E-state index contributed by atoms with van der Waals surface area (Å²) in [6.07, 6.45) is 3.52. The van der Waals surface area contributed by atoms with E-state index in [1.165, 1.54) is 12.8 Å². The van der Waals surface area contributed by atoms with Crippen molar-refractivity contribution in [3.63, 3.8) is 0 Å². The minimum absolute atomic E-state index is 0.0144. The molecular weight excluding hydrogens is 154 g/mol. The van der Waals surface area contributed by atoms with Crippen molar-refractivity contribution < 1.29 is 4.79 Å². The first-order valence-corrected chi connectivity index (χ1v) is 4.56. The number of nitrogens with one attached hydrogen (secondary N) is 1. The van der Waals surface area contributed by atoms with Gasteiger partial charge in [-0.2, -0.15) is 0 Å². The van der Waals surface area contributed by atoms with Crippen molar-refractivity contribution in [1.82, 2.24) is 10.3 Å². The molecule has 3 rings (SSSR count). The fraction of sp³-hybridized carbons (Fsp3) is 0.875. The Kier molecular flexibility index (Phi) is 2.02. The van der Waals surface area contributed by atoms with E-state index in [1.807, 2.05) is 0 Å². The topological polar surface area (TPSA) is 58.4 Å². The summed E-state index contributed by atoms with van der Waals surface area (Å²) in [5.74, 6) is 5.86. The fourth-order valence-electron chi connectivity index (χ4n) is 2.33. The molecule has 68 valence electrons. The number of hydrazine groups is 1. The summed E-state index contributed by atoms with van der Waals surface area (Å²) >= 11 is 0. The Morgan fingerprint density at radius 3 is 2.50 bits per heavy atom. The molecule has 0 aromatic carbocycles. The number of fused-ring (bicyclic) bond motifs is 3. The highest BCUT2D eigenvalue weighted by molar-refractivity contribution is 5.81. The second-order valence-electron chi connectivity index (χ2n) is 3.74. The van der Waals surface area contributed by atoms with Crippen LogP contribution in [0, 0.1) is 5.92 Å². The van der Waals surface area contributed by atoms with Crippen LogP contribution in [0.25, 0.3) is 0 Å². The lowest BCUT2D eigenvalue weighted by Crippen LogP contribution is -2.56. The monoisotopic (exact) mass is 169 g/mol. The SMILES string of the molecule is NNC(=O)C1CC2CCN1CC2. The van der Waals surface area contributed by atoms with Gasteiger partial charge in [0.25, 0.3) is 5.91 Å². The largest absolute Gasteiger partial charge is 0.293 e. The number of hydrogen-bond acceptors (Lipinski definition) is 3. The van der Waals surface area contributed by atoms with Crippen LogP contribution in [0.5, 0.6) is 0 Å². The van der Waals surface area contributed by atoms with Crippen molar-refractivity contribution in [1.29, 1.82) is 0 Å². The lowest BCUT2D eigenvalue weighted by molar-refractivity contribution is -0.130. The molecule has 0 aromatic heterocycles. The summed E-state index contributed by atoms with van der Waals surface area (Å²) in [6.45, 7) is 2.14. The van der Waals surface area contributed by atoms with Gasteiger partial charge in [0.15, 0.2) is 0 Å². The van der Waals surface area contributed by atoms with Gasteiger partial charge in [-0.3, -0.25) is 15.1 Å². The van der Waals surface area contributed by atoms with Crippen LogP contribution in [0.3, 0.4) is 0 Å². The number of carbonyl (C=O) groups excluding carboxylic acids is 1. The molecular formula is C8H15N3O. The predicted molar refractivity (Wildman–Crippen MR) is 45.0 cm³/mol. The molecule has 3 aliphatic heterocycles. The Bertz CT molecular complexity index is 187. The third-order valence-corrected chi connectivity index (χ3v) is 3.09. The quantitative estimate of drug-likeness (QED) is 0.315. The Balaban J connectivity index is 2.03. The van der Waals surface area contributed by atoms with Crippen LogP contribution in [-0.2, 0) is 4.79 Å². The Morgan fingerprint density at radius 1 is 1.42 bits per heavy atom. The first kappa shape index (κ1) is 8.01. The van der Waals surface area contributed by atoms with Crippen LogP contribution in [0.1, 0.15) is 19.3 Å². The number of nitrogens with two attached hydrogens (primary N) is 1. The van der Waals surface area contributed by atoms with Crippen LogP contribution in [0.15, 0.2) is 0 Å². The molecule has 0 radical (unpaired) electrons. The number of nitrogens with zero attached hydrogens (tertiary/aromatic N) is 1. The van der Waals surface area contributed by atoms with Crippen molar-refractivity contribution in [3.05, 3.63) is 0 Å². The lowest BCUT2D eigenvalue weighted by Gasteiger charge is -2.44. The van der Waals surface area contributed by atoms with Crippen molar-refractivity contribution in [3.8, 4) is 0 Å². The average molecular weight is 169 g/mol. The number of carbonyl (C=O) groups is 1. The van der Waals surface area contributed by atoms with E-state index in [0.29, 0.717) is 0 Å². The zero-order valence-corrected chi connectivity index (χ0v) is 7.12.